The summed E-state index contributed by atoms with van der Waals surface area (Å²) < 4.78 is 0. The highest BCUT2D eigenvalue weighted by molar-refractivity contribution is 7.15. The van der Waals surface area contributed by atoms with Crippen molar-refractivity contribution in [3.8, 4) is 21.8 Å². The zero-order valence-electron chi connectivity index (χ0n) is 13.5. The van der Waals surface area contributed by atoms with Crippen molar-refractivity contribution in [3.63, 3.8) is 0 Å². The van der Waals surface area contributed by atoms with Crippen molar-refractivity contribution >= 4 is 22.9 Å². The summed E-state index contributed by atoms with van der Waals surface area (Å²) in [5.41, 5.74) is 5.27. The number of pyridine rings is 1. The van der Waals surface area contributed by atoms with Crippen LogP contribution in [0.1, 0.15) is 23.2 Å². The maximum Gasteiger partial charge on any atom is 0.136 e. The number of carbonyl (C=O) groups is 1. The number of thiazole rings is 1. The lowest BCUT2D eigenvalue weighted by Gasteiger charge is -2.11. The number of Topliss-reactive ketones (excluding diaryl/α,β-unsaturated/α-hetero) is 1. The van der Waals surface area contributed by atoms with Crippen molar-refractivity contribution in [1.29, 1.82) is 0 Å². The second kappa shape index (κ2) is 5.83. The molecule has 7 heteroatoms. The average Bonchev–Trinajstić information content (AvgIpc) is 3.17. The molecule has 0 unspecified atom stereocenters. The van der Waals surface area contributed by atoms with E-state index in [9.17, 15) is 4.79 Å². The van der Waals surface area contributed by atoms with Crippen LogP contribution in [0.2, 0.25) is 0 Å². The fraction of sp³-hybridized carbons (Fsp3) is 0.294. The van der Waals surface area contributed by atoms with E-state index in [0.717, 1.165) is 51.2 Å². The van der Waals surface area contributed by atoms with Gasteiger partial charge in [-0.15, -0.1) is 11.3 Å². The lowest BCUT2D eigenvalue weighted by atomic mass is 9.96. The van der Waals surface area contributed by atoms with E-state index in [4.69, 9.17) is 0 Å². The van der Waals surface area contributed by atoms with Crippen molar-refractivity contribution in [2.24, 2.45) is 0 Å². The first-order valence-electron chi connectivity index (χ1n) is 7.85. The Bertz CT molecular complexity index is 910. The molecule has 2 N–H and O–H groups in total. The van der Waals surface area contributed by atoms with Crippen LogP contribution in [0, 0.1) is 0 Å². The normalized spacial score (nSPS) is 12.6. The highest BCUT2D eigenvalue weighted by Gasteiger charge is 2.26. The predicted molar refractivity (Wildman–Crippen MR) is 94.3 cm³/mol. The molecule has 4 rings (SSSR count). The molecule has 0 amide bonds. The minimum Gasteiger partial charge on any atom is -0.373 e. The molecular weight excluding hydrogens is 322 g/mol. The number of anilines is 1. The van der Waals surface area contributed by atoms with Crippen molar-refractivity contribution in [2.45, 2.75) is 26.2 Å². The molecule has 0 bridgehead atoms. The van der Waals surface area contributed by atoms with E-state index in [1.54, 1.807) is 18.3 Å². The van der Waals surface area contributed by atoms with Crippen molar-refractivity contribution in [2.75, 3.05) is 12.4 Å². The lowest BCUT2D eigenvalue weighted by Crippen LogP contribution is -2.02. The number of nitrogens with one attached hydrogen (secondary N) is 2. The van der Waals surface area contributed by atoms with Gasteiger partial charge in [0.1, 0.15) is 16.6 Å². The van der Waals surface area contributed by atoms with Gasteiger partial charge in [-0.1, -0.05) is 0 Å². The maximum absolute atomic E-state index is 11.3. The van der Waals surface area contributed by atoms with Gasteiger partial charge >= 0.3 is 0 Å². The number of carbonyl (C=O) groups excluding carboxylic acids is 1. The summed E-state index contributed by atoms with van der Waals surface area (Å²) in [6.07, 6.45) is 4.02. The van der Waals surface area contributed by atoms with Gasteiger partial charge in [0.2, 0.25) is 0 Å². The van der Waals surface area contributed by atoms with Gasteiger partial charge in [-0.2, -0.15) is 5.10 Å². The Morgan fingerprint density at radius 2 is 2.25 bits per heavy atom. The molecule has 24 heavy (non-hydrogen) atoms. The number of ketones is 1. The summed E-state index contributed by atoms with van der Waals surface area (Å²) in [6, 6.07) is 3.97. The molecule has 0 aliphatic heterocycles. The number of nitrogens with zero attached hydrogens (tertiary/aromatic N) is 3. The summed E-state index contributed by atoms with van der Waals surface area (Å²) in [5.74, 6) is 0.976. The Morgan fingerprint density at radius 3 is 2.96 bits per heavy atom. The van der Waals surface area contributed by atoms with E-state index in [-0.39, 0.29) is 5.78 Å². The van der Waals surface area contributed by atoms with Crippen molar-refractivity contribution in [3.05, 3.63) is 34.6 Å². The third-order valence-electron chi connectivity index (χ3n) is 4.14. The van der Waals surface area contributed by atoms with E-state index in [2.05, 4.69) is 25.5 Å². The average molecular weight is 339 g/mol. The Hall–Kier alpha value is -2.54. The first-order valence-corrected chi connectivity index (χ1v) is 8.67. The van der Waals surface area contributed by atoms with Gasteiger partial charge in [0, 0.05) is 24.4 Å². The van der Waals surface area contributed by atoms with E-state index in [1.165, 1.54) is 5.56 Å². The van der Waals surface area contributed by atoms with Crippen LogP contribution in [-0.4, -0.2) is 33.0 Å². The van der Waals surface area contributed by atoms with Crippen LogP contribution in [0.3, 0.4) is 0 Å². The zero-order valence-corrected chi connectivity index (χ0v) is 14.3. The quantitative estimate of drug-likeness (QED) is 0.763. The first-order chi connectivity index (χ1) is 11.7. The minimum atomic E-state index is 0.141. The van der Waals surface area contributed by atoms with Crippen LogP contribution in [-0.2, 0) is 24.1 Å². The largest absolute Gasteiger partial charge is 0.373 e. The fourth-order valence-electron chi connectivity index (χ4n) is 3.01. The van der Waals surface area contributed by atoms with Crippen LogP contribution in [0.5, 0.6) is 0 Å². The van der Waals surface area contributed by atoms with Crippen LogP contribution in [0.25, 0.3) is 21.8 Å². The summed E-state index contributed by atoms with van der Waals surface area (Å²) in [5, 5.41) is 11.6. The van der Waals surface area contributed by atoms with Gasteiger partial charge in [-0.3, -0.25) is 9.89 Å². The summed E-state index contributed by atoms with van der Waals surface area (Å²) in [6.45, 7) is 1.60. The monoisotopic (exact) mass is 339 g/mol. The SMILES string of the molecule is CNc1ccc(-c2n[nH]c3c2CCc2nc(CC(C)=O)sc2-3)cn1. The van der Waals surface area contributed by atoms with Crippen LogP contribution in [0.15, 0.2) is 18.3 Å². The third kappa shape index (κ3) is 2.50. The molecule has 6 nitrogen and oxygen atoms in total. The first kappa shape index (κ1) is 15.0. The van der Waals surface area contributed by atoms with Crippen LogP contribution < -0.4 is 5.32 Å². The Labute approximate surface area is 143 Å². The molecule has 3 aromatic rings. The number of aryl methyl sites for hydroxylation is 1. The molecule has 1 aliphatic carbocycles. The molecule has 0 saturated carbocycles. The van der Waals surface area contributed by atoms with E-state index >= 15 is 0 Å². The number of rotatable bonds is 4. The lowest BCUT2D eigenvalue weighted by molar-refractivity contribution is -0.116. The Morgan fingerprint density at radius 1 is 1.38 bits per heavy atom. The van der Waals surface area contributed by atoms with E-state index < -0.39 is 0 Å². The fourth-order valence-corrected chi connectivity index (χ4v) is 4.22. The molecule has 0 spiro atoms. The van der Waals surface area contributed by atoms with Crippen LogP contribution in [0.4, 0.5) is 5.82 Å². The third-order valence-corrected chi connectivity index (χ3v) is 5.26. The van der Waals surface area contributed by atoms with Gasteiger partial charge in [0.05, 0.1) is 28.4 Å². The van der Waals surface area contributed by atoms with E-state index in [1.807, 2.05) is 25.4 Å². The highest BCUT2D eigenvalue weighted by atomic mass is 32.1. The van der Waals surface area contributed by atoms with Crippen molar-refractivity contribution in [1.82, 2.24) is 20.2 Å². The predicted octanol–water partition coefficient (Wildman–Crippen LogP) is 2.87. The number of hydrogen-bond acceptors (Lipinski definition) is 6. The standard InChI is InChI=1S/C17H17N5OS/c1-9(23)7-14-20-12-5-4-11-15(21-22-16(11)17(12)24-14)10-3-6-13(18-2)19-8-10/h3,6,8H,4-5,7H2,1-2H3,(H,18,19)(H,21,22). The second-order valence-electron chi connectivity index (χ2n) is 5.87. The van der Waals surface area contributed by atoms with Crippen molar-refractivity contribution < 1.29 is 4.79 Å². The Kier molecular flexibility index (Phi) is 3.65. The summed E-state index contributed by atoms with van der Waals surface area (Å²) in [4.78, 5) is 21.5. The molecule has 0 atom stereocenters. The smallest absolute Gasteiger partial charge is 0.136 e. The molecule has 1 aliphatic rings. The molecule has 0 aromatic carbocycles. The Balaban J connectivity index is 1.73. The highest BCUT2D eigenvalue weighted by Crippen LogP contribution is 2.40. The summed E-state index contributed by atoms with van der Waals surface area (Å²) in [7, 11) is 1.85. The number of H-pyrrole nitrogens is 1. The molecule has 3 heterocycles. The maximum atomic E-state index is 11.3. The molecular formula is C17H17N5OS. The minimum absolute atomic E-state index is 0.141. The van der Waals surface area contributed by atoms with Gasteiger partial charge < -0.3 is 5.32 Å². The second-order valence-corrected chi connectivity index (χ2v) is 6.95. The number of aromatic nitrogens is 4. The van der Waals surface area contributed by atoms with Gasteiger partial charge in [-0.25, -0.2) is 9.97 Å². The van der Waals surface area contributed by atoms with Gasteiger partial charge in [-0.05, 0) is 31.9 Å². The molecule has 0 fully saturated rings. The topological polar surface area (TPSA) is 83.6 Å². The molecule has 3 aromatic heterocycles. The van der Waals surface area contributed by atoms with E-state index in [0.29, 0.717) is 6.42 Å². The van der Waals surface area contributed by atoms with Gasteiger partial charge in [0.15, 0.2) is 0 Å². The number of fused-ring (bicyclic) bond motifs is 3. The number of aromatic amines is 1. The van der Waals surface area contributed by atoms with Gasteiger partial charge in [0.25, 0.3) is 0 Å². The summed E-state index contributed by atoms with van der Waals surface area (Å²) >= 11 is 1.59. The molecule has 122 valence electrons. The molecule has 0 saturated heterocycles. The zero-order chi connectivity index (χ0) is 16.7. The molecule has 0 radical (unpaired) electrons. The number of hydrogen-bond donors (Lipinski definition) is 2. The van der Waals surface area contributed by atoms with Crippen LogP contribution >= 0.6 is 11.3 Å².